The van der Waals surface area contributed by atoms with Crippen LogP contribution >= 0.6 is 0 Å². The summed E-state index contributed by atoms with van der Waals surface area (Å²) in [6.45, 7) is 4.89. The van der Waals surface area contributed by atoms with Crippen LogP contribution in [0.2, 0.25) is 0 Å². The number of carbonyl (C=O) groups is 1. The summed E-state index contributed by atoms with van der Waals surface area (Å²) < 4.78 is 16.8. The Labute approximate surface area is 225 Å². The van der Waals surface area contributed by atoms with Crippen LogP contribution in [0.5, 0.6) is 5.75 Å². The molecule has 194 valence electrons. The van der Waals surface area contributed by atoms with E-state index in [2.05, 4.69) is 66.7 Å². The Morgan fingerprint density at radius 2 is 1.32 bits per heavy atom. The second kappa shape index (κ2) is 14.0. The molecule has 0 amide bonds. The summed E-state index contributed by atoms with van der Waals surface area (Å²) in [5.74, 6) is 0.436. The highest BCUT2D eigenvalue weighted by Crippen LogP contribution is 2.27. The minimum absolute atomic E-state index is 0.329. The van der Waals surface area contributed by atoms with E-state index in [1.807, 2.05) is 55.5 Å². The molecule has 1 atom stereocenters. The number of ether oxygens (including phenoxy) is 3. The molecule has 4 rings (SSSR count). The van der Waals surface area contributed by atoms with Crippen LogP contribution in [0, 0.1) is 0 Å². The zero-order valence-electron chi connectivity index (χ0n) is 22.0. The molecule has 0 fully saturated rings. The van der Waals surface area contributed by atoms with Crippen molar-refractivity contribution in [2.75, 3.05) is 19.8 Å². The molecule has 0 bridgehead atoms. The Hall–Kier alpha value is -4.15. The molecule has 1 unspecified atom stereocenters. The topological polar surface area (TPSA) is 44.8 Å². The molecule has 0 N–H and O–H groups in total. The van der Waals surface area contributed by atoms with Crippen molar-refractivity contribution in [3.63, 3.8) is 0 Å². The molecule has 0 spiro atoms. The van der Waals surface area contributed by atoms with E-state index >= 15 is 0 Å². The first kappa shape index (κ1) is 26.9. The predicted molar refractivity (Wildman–Crippen MR) is 153 cm³/mol. The molecular formula is C34H34O4. The fraction of sp³-hybridized carbons (Fsp3) is 0.206. The molecule has 0 heterocycles. The first-order valence-corrected chi connectivity index (χ1v) is 13.1. The molecule has 0 aliphatic rings. The highest BCUT2D eigenvalue weighted by atomic mass is 16.6. The summed E-state index contributed by atoms with van der Waals surface area (Å²) in [5, 5.41) is 0. The second-order valence-corrected chi connectivity index (χ2v) is 8.78. The summed E-state index contributed by atoms with van der Waals surface area (Å²) >= 11 is 0. The minimum atomic E-state index is -0.601. The number of hydrogen-bond donors (Lipinski definition) is 0. The van der Waals surface area contributed by atoms with Crippen molar-refractivity contribution in [3.8, 4) is 16.9 Å². The van der Waals surface area contributed by atoms with Crippen molar-refractivity contribution in [2.24, 2.45) is 0 Å². The van der Waals surface area contributed by atoms with Gasteiger partial charge in [0.15, 0.2) is 6.10 Å². The number of carbonyl (C=O) groups excluding carboxylic acids is 1. The lowest BCUT2D eigenvalue weighted by Crippen LogP contribution is -2.28. The van der Waals surface area contributed by atoms with Crippen LogP contribution in [0.1, 0.15) is 30.5 Å². The molecule has 0 aliphatic heterocycles. The monoisotopic (exact) mass is 506 g/mol. The van der Waals surface area contributed by atoms with E-state index in [4.69, 9.17) is 14.2 Å². The average molecular weight is 507 g/mol. The number of rotatable bonds is 12. The predicted octanol–water partition coefficient (Wildman–Crippen LogP) is 7.38. The lowest BCUT2D eigenvalue weighted by Gasteiger charge is -2.16. The molecule has 4 aromatic rings. The first-order chi connectivity index (χ1) is 18.7. The third-order valence-corrected chi connectivity index (χ3v) is 6.19. The molecule has 0 radical (unpaired) electrons. The van der Waals surface area contributed by atoms with E-state index in [0.717, 1.165) is 28.0 Å². The Morgan fingerprint density at radius 3 is 1.95 bits per heavy atom. The van der Waals surface area contributed by atoms with Crippen LogP contribution in [0.4, 0.5) is 0 Å². The van der Waals surface area contributed by atoms with Crippen LogP contribution in [-0.2, 0) is 20.7 Å². The smallest absolute Gasteiger partial charge is 0.335 e. The molecule has 0 saturated carbocycles. The van der Waals surface area contributed by atoms with Gasteiger partial charge in [-0.25, -0.2) is 4.79 Å². The number of benzene rings is 4. The van der Waals surface area contributed by atoms with Crippen LogP contribution in [0.3, 0.4) is 0 Å². The Bertz CT molecular complexity index is 1290. The van der Waals surface area contributed by atoms with Gasteiger partial charge >= 0.3 is 5.97 Å². The maximum Gasteiger partial charge on any atom is 0.335 e. The van der Waals surface area contributed by atoms with Crippen LogP contribution in [-0.4, -0.2) is 31.9 Å². The Balaban J connectivity index is 1.45. The summed E-state index contributed by atoms with van der Waals surface area (Å²) in [6.07, 6.45) is 1.98. The maximum atomic E-state index is 12.2. The molecule has 0 aliphatic carbocycles. The van der Waals surface area contributed by atoms with E-state index < -0.39 is 6.10 Å². The van der Waals surface area contributed by atoms with E-state index in [0.29, 0.717) is 26.2 Å². The average Bonchev–Trinajstić information content (AvgIpc) is 2.97. The SMILES string of the molecule is CCOC(=O)C(Cc1ccc(OCC=C(c2ccccc2)c2ccc(-c3ccccc3)cc2)cc1)OCC. The van der Waals surface area contributed by atoms with Crippen molar-refractivity contribution >= 4 is 11.5 Å². The summed E-state index contributed by atoms with van der Waals surface area (Å²) in [6, 6.07) is 37.2. The number of esters is 1. The van der Waals surface area contributed by atoms with Crippen molar-refractivity contribution in [1.82, 2.24) is 0 Å². The lowest BCUT2D eigenvalue weighted by molar-refractivity contribution is -0.156. The van der Waals surface area contributed by atoms with Gasteiger partial charge in [0.25, 0.3) is 0 Å². The van der Waals surface area contributed by atoms with Crippen molar-refractivity contribution < 1.29 is 19.0 Å². The van der Waals surface area contributed by atoms with Gasteiger partial charge in [-0.15, -0.1) is 0 Å². The third kappa shape index (κ3) is 7.44. The molecule has 4 nitrogen and oxygen atoms in total. The van der Waals surface area contributed by atoms with E-state index in [9.17, 15) is 4.79 Å². The van der Waals surface area contributed by atoms with Crippen molar-refractivity contribution in [1.29, 1.82) is 0 Å². The zero-order valence-corrected chi connectivity index (χ0v) is 22.0. The Morgan fingerprint density at radius 1 is 0.711 bits per heavy atom. The first-order valence-electron chi connectivity index (χ1n) is 13.1. The highest BCUT2D eigenvalue weighted by Gasteiger charge is 2.20. The van der Waals surface area contributed by atoms with Crippen molar-refractivity contribution in [3.05, 3.63) is 132 Å². The molecule has 4 heteroatoms. The van der Waals surface area contributed by atoms with E-state index in [1.54, 1.807) is 6.92 Å². The van der Waals surface area contributed by atoms with Gasteiger partial charge in [0.1, 0.15) is 12.4 Å². The number of hydrogen-bond acceptors (Lipinski definition) is 4. The fourth-order valence-corrected chi connectivity index (χ4v) is 4.30. The second-order valence-electron chi connectivity index (χ2n) is 8.78. The van der Waals surface area contributed by atoms with Crippen LogP contribution in [0.25, 0.3) is 16.7 Å². The van der Waals surface area contributed by atoms with Gasteiger partial charge in [-0.2, -0.15) is 0 Å². The maximum absolute atomic E-state index is 12.2. The molecule has 0 aromatic heterocycles. The van der Waals surface area contributed by atoms with Gasteiger partial charge in [-0.3, -0.25) is 0 Å². The van der Waals surface area contributed by atoms with Gasteiger partial charge < -0.3 is 14.2 Å². The summed E-state index contributed by atoms with van der Waals surface area (Å²) in [7, 11) is 0. The standard InChI is InChI=1S/C34H34O4/c1-3-36-33(34(35)37-4-2)25-26-15-21-31(22-16-26)38-24-23-32(29-13-9-6-10-14-29)30-19-17-28(18-20-30)27-11-7-5-8-12-27/h5-23,33H,3-4,24-25H2,1-2H3. The van der Waals surface area contributed by atoms with Gasteiger partial charge in [-0.1, -0.05) is 97.1 Å². The molecule has 0 saturated heterocycles. The van der Waals surface area contributed by atoms with Crippen LogP contribution in [0.15, 0.2) is 115 Å². The minimum Gasteiger partial charge on any atom is -0.490 e. The lowest BCUT2D eigenvalue weighted by atomic mass is 9.95. The van der Waals surface area contributed by atoms with E-state index in [1.165, 1.54) is 11.1 Å². The quantitative estimate of drug-likeness (QED) is 0.188. The zero-order chi connectivity index (χ0) is 26.6. The largest absolute Gasteiger partial charge is 0.490 e. The molecular weight excluding hydrogens is 472 g/mol. The third-order valence-electron chi connectivity index (χ3n) is 6.19. The Kier molecular flexibility index (Phi) is 9.89. The molecule has 38 heavy (non-hydrogen) atoms. The fourth-order valence-electron chi connectivity index (χ4n) is 4.30. The highest BCUT2D eigenvalue weighted by molar-refractivity contribution is 5.81. The summed E-state index contributed by atoms with van der Waals surface area (Å²) in [4.78, 5) is 12.2. The van der Waals surface area contributed by atoms with Gasteiger partial charge in [0.05, 0.1) is 6.61 Å². The van der Waals surface area contributed by atoms with Crippen LogP contribution < -0.4 is 4.74 Å². The summed E-state index contributed by atoms with van der Waals surface area (Å²) in [5.41, 5.74) is 6.77. The van der Waals surface area contributed by atoms with E-state index in [-0.39, 0.29) is 5.97 Å². The van der Waals surface area contributed by atoms with Gasteiger partial charge in [-0.05, 0) is 65.4 Å². The van der Waals surface area contributed by atoms with Gasteiger partial charge in [0.2, 0.25) is 0 Å². The molecule has 4 aromatic carbocycles. The van der Waals surface area contributed by atoms with Crippen molar-refractivity contribution in [2.45, 2.75) is 26.4 Å². The normalized spacial score (nSPS) is 12.1. The van der Waals surface area contributed by atoms with Gasteiger partial charge in [0, 0.05) is 13.0 Å².